The van der Waals surface area contributed by atoms with E-state index in [1.165, 1.54) is 11.8 Å². The summed E-state index contributed by atoms with van der Waals surface area (Å²) in [6, 6.07) is 0. The van der Waals surface area contributed by atoms with E-state index in [2.05, 4.69) is 0 Å². The Labute approximate surface area is 95.2 Å². The molecule has 1 aliphatic rings. The van der Waals surface area contributed by atoms with Crippen molar-refractivity contribution in [3.05, 3.63) is 0 Å². The maximum Gasteiger partial charge on any atom is 0.313 e. The summed E-state index contributed by atoms with van der Waals surface area (Å²) in [6.45, 7) is 0. The highest BCUT2D eigenvalue weighted by Gasteiger charge is 2.36. The summed E-state index contributed by atoms with van der Waals surface area (Å²) in [6.07, 6.45) is 0.601. The molecular weight excluding hydrogens is 238 g/mol. The lowest BCUT2D eigenvalue weighted by molar-refractivity contribution is -0.134. The van der Waals surface area contributed by atoms with Gasteiger partial charge in [0.05, 0.1) is 11.0 Å². The molecule has 0 aromatic carbocycles. The molecule has 0 aromatic heterocycles. The molecule has 0 spiro atoms. The summed E-state index contributed by atoms with van der Waals surface area (Å²) >= 11 is 2.11. The van der Waals surface area contributed by atoms with Crippen LogP contribution in [0.2, 0.25) is 0 Å². The molecule has 1 fully saturated rings. The monoisotopic (exact) mass is 249 g/mol. The van der Waals surface area contributed by atoms with Crippen molar-refractivity contribution in [2.24, 2.45) is 11.7 Å². The molecule has 84 valence electrons. The van der Waals surface area contributed by atoms with Crippen LogP contribution in [0.25, 0.3) is 0 Å². The van der Waals surface area contributed by atoms with E-state index in [1.54, 1.807) is 0 Å². The van der Waals surface area contributed by atoms with E-state index in [4.69, 9.17) is 10.8 Å². The van der Waals surface area contributed by atoms with Gasteiger partial charge in [-0.2, -0.15) is 0 Å². The molecule has 0 aliphatic carbocycles. The number of rotatable bonds is 5. The molecule has 1 saturated heterocycles. The topological polar surface area (TPSA) is 97.5 Å². The van der Waals surface area contributed by atoms with E-state index >= 15 is 0 Å². The minimum Gasteiger partial charge on any atom is -0.481 e. The van der Waals surface area contributed by atoms with Crippen LogP contribution in [-0.4, -0.2) is 38.9 Å². The molecule has 1 heterocycles. The van der Waals surface area contributed by atoms with Crippen LogP contribution in [0, 0.1) is 5.92 Å². The molecule has 0 saturated carbocycles. The minimum absolute atomic E-state index is 0.0586. The predicted octanol–water partition coefficient (Wildman–Crippen LogP) is -0.0622. The highest BCUT2D eigenvalue weighted by atomic mass is 32.2. The molecule has 1 rings (SSSR count). The Kier molecular flexibility index (Phi) is 4.46. The number of primary amides is 1. The Morgan fingerprint density at radius 2 is 2.33 bits per heavy atom. The Balaban J connectivity index is 2.61. The molecule has 7 heteroatoms. The number of amides is 1. The summed E-state index contributed by atoms with van der Waals surface area (Å²) in [5, 5.41) is 7.73. The third kappa shape index (κ3) is 3.42. The highest BCUT2D eigenvalue weighted by molar-refractivity contribution is 8.14. The van der Waals surface area contributed by atoms with Crippen LogP contribution in [0.15, 0.2) is 0 Å². The van der Waals surface area contributed by atoms with Gasteiger partial charge >= 0.3 is 5.97 Å². The zero-order chi connectivity index (χ0) is 11.4. The van der Waals surface area contributed by atoms with Gasteiger partial charge in [0.1, 0.15) is 0 Å². The van der Waals surface area contributed by atoms with Gasteiger partial charge in [0.25, 0.3) is 0 Å². The standard InChI is InChI=1S/C8H11NO4S2/c9-7(12)6(15-3-5(10)11)4-1-2-14-8(4)13/h4,6H,1-3H2,(H2,9,12)(H,10,11). The molecular formula is C8H11NO4S2. The fourth-order valence-electron chi connectivity index (χ4n) is 1.34. The molecule has 1 aliphatic heterocycles. The van der Waals surface area contributed by atoms with E-state index in [9.17, 15) is 14.4 Å². The number of hydrogen-bond donors (Lipinski definition) is 2. The fraction of sp³-hybridized carbons (Fsp3) is 0.625. The lowest BCUT2D eigenvalue weighted by Gasteiger charge is -2.16. The first kappa shape index (κ1) is 12.4. The number of hydrogen-bond acceptors (Lipinski definition) is 5. The first-order valence-electron chi connectivity index (χ1n) is 4.31. The average molecular weight is 249 g/mol. The zero-order valence-corrected chi connectivity index (χ0v) is 9.47. The molecule has 0 radical (unpaired) electrons. The smallest absolute Gasteiger partial charge is 0.313 e. The van der Waals surface area contributed by atoms with Gasteiger partial charge in [0, 0.05) is 11.7 Å². The lowest BCUT2D eigenvalue weighted by Crippen LogP contribution is -2.35. The van der Waals surface area contributed by atoms with Crippen molar-refractivity contribution in [3.63, 3.8) is 0 Å². The highest BCUT2D eigenvalue weighted by Crippen LogP contribution is 2.33. The van der Waals surface area contributed by atoms with Gasteiger partial charge in [-0.25, -0.2) is 0 Å². The van der Waals surface area contributed by atoms with Crippen molar-refractivity contribution in [2.75, 3.05) is 11.5 Å². The maximum atomic E-state index is 11.4. The van der Waals surface area contributed by atoms with Crippen LogP contribution < -0.4 is 5.73 Å². The fourth-order valence-corrected chi connectivity index (χ4v) is 3.45. The molecule has 5 nitrogen and oxygen atoms in total. The van der Waals surface area contributed by atoms with E-state index in [0.717, 1.165) is 11.8 Å². The van der Waals surface area contributed by atoms with Crippen molar-refractivity contribution >= 4 is 40.5 Å². The normalized spacial score (nSPS) is 22.7. The van der Waals surface area contributed by atoms with E-state index < -0.39 is 23.0 Å². The van der Waals surface area contributed by atoms with Gasteiger partial charge in [0.2, 0.25) is 5.91 Å². The van der Waals surface area contributed by atoms with Gasteiger partial charge in [-0.3, -0.25) is 14.4 Å². The predicted molar refractivity (Wildman–Crippen MR) is 58.6 cm³/mol. The van der Waals surface area contributed by atoms with Crippen molar-refractivity contribution < 1.29 is 19.5 Å². The van der Waals surface area contributed by atoms with Crippen LogP contribution in [0.4, 0.5) is 0 Å². The Bertz CT molecular complexity index is 294. The quantitative estimate of drug-likeness (QED) is 0.708. The third-order valence-electron chi connectivity index (χ3n) is 2.01. The Morgan fingerprint density at radius 3 is 2.73 bits per heavy atom. The molecule has 15 heavy (non-hydrogen) atoms. The molecule has 3 N–H and O–H groups in total. The second kappa shape index (κ2) is 5.41. The van der Waals surface area contributed by atoms with Crippen molar-refractivity contribution in [1.29, 1.82) is 0 Å². The van der Waals surface area contributed by atoms with Gasteiger partial charge in [0.15, 0.2) is 5.12 Å². The molecule has 0 aromatic rings. The van der Waals surface area contributed by atoms with E-state index in [1.807, 2.05) is 0 Å². The van der Waals surface area contributed by atoms with Crippen LogP contribution >= 0.6 is 23.5 Å². The maximum absolute atomic E-state index is 11.4. The van der Waals surface area contributed by atoms with E-state index in [-0.39, 0.29) is 10.9 Å². The molecule has 0 bridgehead atoms. The van der Waals surface area contributed by atoms with Gasteiger partial charge in [-0.15, -0.1) is 11.8 Å². The molecule has 1 amide bonds. The third-order valence-corrected chi connectivity index (χ3v) is 4.37. The van der Waals surface area contributed by atoms with Crippen LogP contribution in [0.5, 0.6) is 0 Å². The summed E-state index contributed by atoms with van der Waals surface area (Å²) in [5.41, 5.74) is 5.15. The first-order valence-corrected chi connectivity index (χ1v) is 6.35. The van der Waals surface area contributed by atoms with Crippen LogP contribution in [0.3, 0.4) is 0 Å². The summed E-state index contributed by atoms with van der Waals surface area (Å²) in [5.74, 6) is -1.56. The molecule has 2 unspecified atom stereocenters. The lowest BCUT2D eigenvalue weighted by atomic mass is 10.0. The van der Waals surface area contributed by atoms with Crippen molar-refractivity contribution in [1.82, 2.24) is 0 Å². The van der Waals surface area contributed by atoms with Crippen molar-refractivity contribution in [3.8, 4) is 0 Å². The van der Waals surface area contributed by atoms with Gasteiger partial charge < -0.3 is 10.8 Å². The largest absolute Gasteiger partial charge is 0.481 e. The number of carbonyl (C=O) groups is 3. The van der Waals surface area contributed by atoms with Crippen LogP contribution in [0.1, 0.15) is 6.42 Å². The second-order valence-corrected chi connectivity index (χ2v) is 5.32. The number of aliphatic carboxylic acids is 1. The minimum atomic E-state index is -1.01. The molecule has 2 atom stereocenters. The average Bonchev–Trinajstić information content (AvgIpc) is 2.51. The SMILES string of the molecule is NC(=O)C(SCC(=O)O)C1CCSC1=O. The number of carbonyl (C=O) groups excluding carboxylic acids is 2. The Hall–Kier alpha value is -0.690. The number of nitrogens with two attached hydrogens (primary N) is 1. The van der Waals surface area contributed by atoms with Gasteiger partial charge in [-0.05, 0) is 6.42 Å². The van der Waals surface area contributed by atoms with Crippen LogP contribution in [-0.2, 0) is 14.4 Å². The number of carboxylic acids is 1. The summed E-state index contributed by atoms with van der Waals surface area (Å²) in [4.78, 5) is 32.8. The Morgan fingerprint density at radius 1 is 1.67 bits per heavy atom. The van der Waals surface area contributed by atoms with Gasteiger partial charge in [-0.1, -0.05) is 11.8 Å². The summed E-state index contributed by atoms with van der Waals surface area (Å²) in [7, 11) is 0. The zero-order valence-electron chi connectivity index (χ0n) is 7.84. The second-order valence-electron chi connectivity index (χ2n) is 3.09. The first-order chi connectivity index (χ1) is 7.02. The van der Waals surface area contributed by atoms with Crippen molar-refractivity contribution in [2.45, 2.75) is 11.7 Å². The number of thioether (sulfide) groups is 2. The van der Waals surface area contributed by atoms with E-state index in [0.29, 0.717) is 12.2 Å². The number of carboxylic acid groups (broad SMARTS) is 1. The summed E-state index contributed by atoms with van der Waals surface area (Å²) < 4.78 is 0.